The number of ether oxygens (including phenoxy) is 2. The van der Waals surface area contributed by atoms with E-state index in [1.165, 1.54) is 0 Å². The molecule has 2 aromatic heterocycles. The molecule has 0 aliphatic rings. The number of pyridine rings is 1. The number of rotatable bonds is 7. The van der Waals surface area contributed by atoms with E-state index < -0.39 is 0 Å². The van der Waals surface area contributed by atoms with Crippen LogP contribution in [-0.2, 0) is 11.3 Å². The third kappa shape index (κ3) is 4.04. The SMILES string of the molecule is COc1ccc(-c2nc3ccccn3c2N(C=O)Cc2ccc(Cl)c(Cl)c2)cc1OC. The summed E-state index contributed by atoms with van der Waals surface area (Å²) < 4.78 is 12.7. The standard InChI is InChI=1S/C23H19Cl2N3O3/c1-30-19-9-7-16(12-20(19)31-2)22-23(28-10-4-3-5-21(28)26-22)27(14-29)13-15-6-8-17(24)18(25)11-15/h3-12,14H,13H2,1-2H3. The van der Waals surface area contributed by atoms with Gasteiger partial charge in [0.05, 0.1) is 30.8 Å². The van der Waals surface area contributed by atoms with Crippen LogP contribution in [-0.4, -0.2) is 30.0 Å². The summed E-state index contributed by atoms with van der Waals surface area (Å²) in [7, 11) is 3.16. The zero-order chi connectivity index (χ0) is 22.0. The molecule has 2 heterocycles. The number of carbonyl (C=O) groups is 1. The van der Waals surface area contributed by atoms with Gasteiger partial charge >= 0.3 is 0 Å². The molecule has 0 saturated carbocycles. The Balaban J connectivity index is 1.86. The van der Waals surface area contributed by atoms with Crippen molar-refractivity contribution in [2.24, 2.45) is 0 Å². The van der Waals surface area contributed by atoms with Crippen molar-refractivity contribution >= 4 is 41.1 Å². The number of aromatic nitrogens is 2. The van der Waals surface area contributed by atoms with Gasteiger partial charge in [-0.2, -0.15) is 0 Å². The number of amides is 1. The normalized spacial score (nSPS) is 10.8. The summed E-state index contributed by atoms with van der Waals surface area (Å²) in [5.74, 6) is 1.81. The lowest BCUT2D eigenvalue weighted by Crippen LogP contribution is -2.22. The topological polar surface area (TPSA) is 56.1 Å². The Morgan fingerprint density at radius 2 is 1.81 bits per heavy atom. The van der Waals surface area contributed by atoms with Crippen molar-refractivity contribution in [3.05, 3.63) is 76.4 Å². The van der Waals surface area contributed by atoms with Crippen LogP contribution in [0.3, 0.4) is 0 Å². The van der Waals surface area contributed by atoms with E-state index in [0.717, 1.165) is 17.5 Å². The van der Waals surface area contributed by atoms with Gasteiger partial charge in [-0.05, 0) is 48.0 Å². The van der Waals surface area contributed by atoms with Gasteiger partial charge in [-0.3, -0.25) is 14.1 Å². The third-order valence-corrected chi connectivity index (χ3v) is 5.64. The van der Waals surface area contributed by atoms with E-state index in [4.69, 9.17) is 37.7 Å². The number of carbonyl (C=O) groups excluding carboxylic acids is 1. The van der Waals surface area contributed by atoms with Crippen molar-refractivity contribution in [3.63, 3.8) is 0 Å². The lowest BCUT2D eigenvalue weighted by molar-refractivity contribution is -0.107. The smallest absolute Gasteiger partial charge is 0.215 e. The second kappa shape index (κ2) is 8.88. The maximum atomic E-state index is 12.2. The summed E-state index contributed by atoms with van der Waals surface area (Å²) in [6.45, 7) is 0.295. The molecule has 4 rings (SSSR count). The predicted octanol–water partition coefficient (Wildman–Crippen LogP) is 5.49. The Morgan fingerprint density at radius 1 is 1.00 bits per heavy atom. The largest absolute Gasteiger partial charge is 0.493 e. The molecule has 0 fully saturated rings. The first-order valence-electron chi connectivity index (χ1n) is 9.41. The monoisotopic (exact) mass is 455 g/mol. The number of halogens is 2. The summed E-state index contributed by atoms with van der Waals surface area (Å²) in [4.78, 5) is 18.6. The molecule has 0 atom stereocenters. The highest BCUT2D eigenvalue weighted by Crippen LogP contribution is 2.37. The van der Waals surface area contributed by atoms with Gasteiger partial charge in [-0.15, -0.1) is 0 Å². The molecule has 0 unspecified atom stereocenters. The van der Waals surface area contributed by atoms with E-state index in [9.17, 15) is 4.79 Å². The van der Waals surface area contributed by atoms with Crippen LogP contribution in [0.15, 0.2) is 60.8 Å². The Labute approximate surface area is 189 Å². The molecule has 0 spiro atoms. The molecule has 0 aliphatic carbocycles. The predicted molar refractivity (Wildman–Crippen MR) is 122 cm³/mol. The fourth-order valence-electron chi connectivity index (χ4n) is 3.43. The summed E-state index contributed by atoms with van der Waals surface area (Å²) in [6.07, 6.45) is 2.65. The minimum absolute atomic E-state index is 0.295. The van der Waals surface area contributed by atoms with E-state index in [2.05, 4.69) is 0 Å². The Kier molecular flexibility index (Phi) is 6.02. The van der Waals surface area contributed by atoms with Crippen LogP contribution >= 0.6 is 23.2 Å². The fourth-order valence-corrected chi connectivity index (χ4v) is 3.75. The Morgan fingerprint density at radius 3 is 2.52 bits per heavy atom. The minimum atomic E-state index is 0.295. The van der Waals surface area contributed by atoms with Crippen LogP contribution in [0.2, 0.25) is 10.0 Å². The van der Waals surface area contributed by atoms with Crippen molar-refractivity contribution in [1.82, 2.24) is 9.38 Å². The summed E-state index contributed by atoms with van der Waals surface area (Å²) in [6, 6.07) is 16.5. The Hall–Kier alpha value is -3.22. The molecular formula is C23H19Cl2N3O3. The molecule has 2 aromatic carbocycles. The van der Waals surface area contributed by atoms with E-state index in [1.807, 2.05) is 53.1 Å². The quantitative estimate of drug-likeness (QED) is 0.345. The number of anilines is 1. The summed E-state index contributed by atoms with van der Waals surface area (Å²) in [5.41, 5.74) is 2.98. The molecule has 0 radical (unpaired) electrons. The zero-order valence-electron chi connectivity index (χ0n) is 16.9. The zero-order valence-corrected chi connectivity index (χ0v) is 18.4. The van der Waals surface area contributed by atoms with E-state index in [1.54, 1.807) is 31.3 Å². The van der Waals surface area contributed by atoms with Crippen LogP contribution in [0.25, 0.3) is 16.9 Å². The lowest BCUT2D eigenvalue weighted by atomic mass is 10.1. The van der Waals surface area contributed by atoms with Crippen LogP contribution in [0.4, 0.5) is 5.82 Å². The van der Waals surface area contributed by atoms with Gasteiger partial charge in [-0.1, -0.05) is 35.3 Å². The van der Waals surface area contributed by atoms with Crippen molar-refractivity contribution in [2.75, 3.05) is 19.1 Å². The highest BCUT2D eigenvalue weighted by molar-refractivity contribution is 6.42. The van der Waals surface area contributed by atoms with Gasteiger partial charge in [0.2, 0.25) is 6.41 Å². The molecule has 0 bridgehead atoms. The molecule has 4 aromatic rings. The van der Waals surface area contributed by atoms with Crippen LogP contribution < -0.4 is 14.4 Å². The number of nitrogens with zero attached hydrogens (tertiary/aromatic N) is 3. The van der Waals surface area contributed by atoms with Crippen molar-refractivity contribution in [2.45, 2.75) is 6.54 Å². The highest BCUT2D eigenvalue weighted by Gasteiger charge is 2.21. The number of methoxy groups -OCH3 is 2. The lowest BCUT2D eigenvalue weighted by Gasteiger charge is -2.19. The summed E-state index contributed by atoms with van der Waals surface area (Å²) >= 11 is 12.2. The van der Waals surface area contributed by atoms with Gasteiger partial charge in [0.15, 0.2) is 11.5 Å². The maximum Gasteiger partial charge on any atom is 0.215 e. The second-order valence-corrected chi connectivity index (χ2v) is 7.58. The molecular weight excluding hydrogens is 437 g/mol. The number of imidazole rings is 1. The number of fused-ring (bicyclic) bond motifs is 1. The fraction of sp³-hybridized carbons (Fsp3) is 0.130. The van der Waals surface area contributed by atoms with E-state index in [0.29, 0.717) is 45.2 Å². The second-order valence-electron chi connectivity index (χ2n) is 6.76. The molecule has 0 N–H and O–H groups in total. The number of hydrogen-bond acceptors (Lipinski definition) is 4. The van der Waals surface area contributed by atoms with Crippen LogP contribution in [0, 0.1) is 0 Å². The van der Waals surface area contributed by atoms with Gasteiger partial charge < -0.3 is 9.47 Å². The number of hydrogen-bond donors (Lipinski definition) is 0. The maximum absolute atomic E-state index is 12.2. The first kappa shape index (κ1) is 21.0. The third-order valence-electron chi connectivity index (χ3n) is 4.90. The molecule has 31 heavy (non-hydrogen) atoms. The first-order valence-corrected chi connectivity index (χ1v) is 10.2. The van der Waals surface area contributed by atoms with Crippen molar-refractivity contribution < 1.29 is 14.3 Å². The van der Waals surface area contributed by atoms with Gasteiger partial charge in [0, 0.05) is 11.8 Å². The van der Waals surface area contributed by atoms with Gasteiger partial charge in [0.1, 0.15) is 17.2 Å². The Bertz CT molecular complexity index is 1260. The molecule has 8 heteroatoms. The van der Waals surface area contributed by atoms with Crippen LogP contribution in [0.5, 0.6) is 11.5 Å². The molecule has 1 amide bonds. The van der Waals surface area contributed by atoms with Gasteiger partial charge in [-0.25, -0.2) is 4.98 Å². The van der Waals surface area contributed by atoms with Crippen molar-refractivity contribution in [1.29, 1.82) is 0 Å². The average molecular weight is 456 g/mol. The van der Waals surface area contributed by atoms with E-state index >= 15 is 0 Å². The highest BCUT2D eigenvalue weighted by atomic mass is 35.5. The van der Waals surface area contributed by atoms with Crippen molar-refractivity contribution in [3.8, 4) is 22.8 Å². The molecule has 0 saturated heterocycles. The average Bonchev–Trinajstić information content (AvgIpc) is 3.18. The van der Waals surface area contributed by atoms with E-state index in [-0.39, 0.29) is 0 Å². The minimum Gasteiger partial charge on any atom is -0.493 e. The summed E-state index contributed by atoms with van der Waals surface area (Å²) in [5, 5.41) is 0.896. The molecule has 158 valence electrons. The molecule has 6 nitrogen and oxygen atoms in total. The molecule has 0 aliphatic heterocycles. The van der Waals surface area contributed by atoms with Gasteiger partial charge in [0.25, 0.3) is 0 Å². The van der Waals surface area contributed by atoms with Crippen LogP contribution in [0.1, 0.15) is 5.56 Å². The first-order chi connectivity index (χ1) is 15.0. The number of benzene rings is 2.